The molecule has 1 nitrogen and oxygen atoms in total. The van der Waals surface area contributed by atoms with Gasteiger partial charge in [-0.2, -0.15) is 0 Å². The van der Waals surface area contributed by atoms with Gasteiger partial charge in [0, 0.05) is 16.5 Å². The minimum absolute atomic E-state index is 1.14. The van der Waals surface area contributed by atoms with Crippen LogP contribution < -0.4 is 4.90 Å². The maximum Gasteiger partial charge on any atom is 0.0540 e. The number of fused-ring (bicyclic) bond motifs is 2. The quantitative estimate of drug-likeness (QED) is 0.214. The molecule has 0 bridgehead atoms. The zero-order chi connectivity index (χ0) is 28.9. The van der Waals surface area contributed by atoms with Gasteiger partial charge >= 0.3 is 0 Å². The summed E-state index contributed by atoms with van der Waals surface area (Å²) in [5.41, 5.74) is 9.89. The van der Waals surface area contributed by atoms with E-state index in [2.05, 4.69) is 183 Å². The summed E-state index contributed by atoms with van der Waals surface area (Å²) in [5, 5.41) is 4.95. The Balaban J connectivity index is 0.000000343. The summed E-state index contributed by atoms with van der Waals surface area (Å²) in [4.78, 5) is 2.39. The topological polar surface area (TPSA) is 3.24 Å². The lowest BCUT2D eigenvalue weighted by Gasteiger charge is -2.28. The van der Waals surface area contributed by atoms with E-state index in [0.717, 1.165) is 5.69 Å². The Morgan fingerprint density at radius 1 is 0.333 bits per heavy atom. The number of anilines is 3. The maximum absolute atomic E-state index is 2.39. The number of aryl methyl sites for hydroxylation is 3. The van der Waals surface area contributed by atoms with Gasteiger partial charge in [-0.15, -0.1) is 0 Å². The van der Waals surface area contributed by atoms with Crippen molar-refractivity contribution in [2.45, 2.75) is 20.8 Å². The largest absolute Gasteiger partial charge is 0.309 e. The Labute approximate surface area is 249 Å². The normalized spacial score (nSPS) is 10.7. The molecule has 0 fully saturated rings. The first kappa shape index (κ1) is 27.1. The first-order valence-electron chi connectivity index (χ1n) is 14.5. The molecule has 0 atom stereocenters. The van der Waals surface area contributed by atoms with E-state index < -0.39 is 0 Å². The standard InChI is InChI=1S/C33H25N.C8H10/c1-24-16-18-25(19-17-24)26-20-22-29(23-21-26)34(32-14-6-10-27-8-2-4-12-30(27)32)33-15-7-11-28-9-3-5-13-31(28)33;1-7-3-5-8(2)6-4-7/h2-23H,1H3;3-6H,1-2H3. The van der Waals surface area contributed by atoms with Crippen LogP contribution in [0.3, 0.4) is 0 Å². The number of hydrogen-bond acceptors (Lipinski definition) is 1. The summed E-state index contributed by atoms with van der Waals surface area (Å²) in [6.07, 6.45) is 0. The SMILES string of the molecule is Cc1ccc(-c2ccc(N(c3cccc4ccccc34)c3cccc4ccccc34)cc2)cc1.Cc1ccc(C)cc1. The molecule has 0 saturated carbocycles. The van der Waals surface area contributed by atoms with Gasteiger partial charge in [0.2, 0.25) is 0 Å². The highest BCUT2D eigenvalue weighted by Gasteiger charge is 2.17. The van der Waals surface area contributed by atoms with Crippen LogP contribution in [-0.2, 0) is 0 Å². The van der Waals surface area contributed by atoms with Gasteiger partial charge in [-0.25, -0.2) is 0 Å². The summed E-state index contributed by atoms with van der Waals surface area (Å²) in [6.45, 7) is 6.32. The van der Waals surface area contributed by atoms with E-state index in [1.807, 2.05) is 0 Å². The van der Waals surface area contributed by atoms with Crippen molar-refractivity contribution in [2.75, 3.05) is 4.90 Å². The lowest BCUT2D eigenvalue weighted by molar-refractivity contribution is 1.31. The van der Waals surface area contributed by atoms with E-state index in [9.17, 15) is 0 Å². The molecule has 7 aromatic rings. The molecule has 1 heteroatoms. The molecule has 42 heavy (non-hydrogen) atoms. The van der Waals surface area contributed by atoms with Crippen molar-refractivity contribution in [3.05, 3.63) is 174 Å². The fourth-order valence-electron chi connectivity index (χ4n) is 5.40. The molecule has 0 unspecified atom stereocenters. The van der Waals surface area contributed by atoms with Crippen molar-refractivity contribution in [3.8, 4) is 11.1 Å². The Bertz CT molecular complexity index is 1820. The Morgan fingerprint density at radius 3 is 1.14 bits per heavy atom. The predicted molar refractivity (Wildman–Crippen MR) is 182 cm³/mol. The highest BCUT2D eigenvalue weighted by Crippen LogP contribution is 2.42. The van der Waals surface area contributed by atoms with Crippen LogP contribution in [0.5, 0.6) is 0 Å². The van der Waals surface area contributed by atoms with Crippen molar-refractivity contribution in [1.29, 1.82) is 0 Å². The molecule has 0 radical (unpaired) electrons. The van der Waals surface area contributed by atoms with Crippen molar-refractivity contribution in [3.63, 3.8) is 0 Å². The second-order valence-electron chi connectivity index (χ2n) is 10.9. The van der Waals surface area contributed by atoms with Crippen molar-refractivity contribution in [1.82, 2.24) is 0 Å². The van der Waals surface area contributed by atoms with E-state index in [0.29, 0.717) is 0 Å². The van der Waals surface area contributed by atoms with Gasteiger partial charge in [-0.3, -0.25) is 0 Å². The monoisotopic (exact) mass is 541 g/mol. The molecule has 0 aliphatic carbocycles. The van der Waals surface area contributed by atoms with Crippen LogP contribution >= 0.6 is 0 Å². The van der Waals surface area contributed by atoms with Gasteiger partial charge in [-0.1, -0.05) is 150 Å². The van der Waals surface area contributed by atoms with Crippen LogP contribution in [0.1, 0.15) is 16.7 Å². The molecule has 0 heterocycles. The molecule has 0 aliphatic heterocycles. The molecule has 0 saturated heterocycles. The maximum atomic E-state index is 2.39. The molecule has 0 spiro atoms. The van der Waals surface area contributed by atoms with Crippen molar-refractivity contribution in [2.24, 2.45) is 0 Å². The van der Waals surface area contributed by atoms with Crippen LogP contribution in [-0.4, -0.2) is 0 Å². The summed E-state index contributed by atoms with van der Waals surface area (Å²) in [7, 11) is 0. The highest BCUT2D eigenvalue weighted by molar-refractivity contribution is 6.04. The van der Waals surface area contributed by atoms with E-state index >= 15 is 0 Å². The summed E-state index contributed by atoms with van der Waals surface area (Å²) in [6, 6.07) is 56.5. The number of rotatable bonds is 4. The van der Waals surface area contributed by atoms with Crippen LogP contribution in [0.15, 0.2) is 158 Å². The fraction of sp³-hybridized carbons (Fsp3) is 0.0732. The minimum Gasteiger partial charge on any atom is -0.309 e. The molecular weight excluding hydrogens is 506 g/mol. The number of nitrogens with zero attached hydrogens (tertiary/aromatic N) is 1. The minimum atomic E-state index is 1.14. The molecule has 7 rings (SSSR count). The molecule has 204 valence electrons. The van der Waals surface area contributed by atoms with E-state index in [1.165, 1.54) is 60.7 Å². The molecule has 0 aliphatic rings. The zero-order valence-electron chi connectivity index (χ0n) is 24.5. The summed E-state index contributed by atoms with van der Waals surface area (Å²) >= 11 is 0. The summed E-state index contributed by atoms with van der Waals surface area (Å²) in [5.74, 6) is 0. The van der Waals surface area contributed by atoms with Crippen LogP contribution in [0.2, 0.25) is 0 Å². The summed E-state index contributed by atoms with van der Waals surface area (Å²) < 4.78 is 0. The molecule has 0 aromatic heterocycles. The highest BCUT2D eigenvalue weighted by atomic mass is 15.1. The molecular formula is C41H35N. The Kier molecular flexibility index (Phi) is 7.83. The first-order chi connectivity index (χ1) is 20.6. The van der Waals surface area contributed by atoms with Crippen molar-refractivity contribution < 1.29 is 0 Å². The van der Waals surface area contributed by atoms with Crippen LogP contribution in [0.25, 0.3) is 32.7 Å². The van der Waals surface area contributed by atoms with Gasteiger partial charge < -0.3 is 4.90 Å². The lowest BCUT2D eigenvalue weighted by Crippen LogP contribution is -2.11. The lowest BCUT2D eigenvalue weighted by atomic mass is 10.0. The van der Waals surface area contributed by atoms with Crippen LogP contribution in [0.4, 0.5) is 17.1 Å². The predicted octanol–water partition coefficient (Wildman–Crippen LogP) is 11.7. The van der Waals surface area contributed by atoms with Gasteiger partial charge in [0.15, 0.2) is 0 Å². The van der Waals surface area contributed by atoms with Gasteiger partial charge in [0.05, 0.1) is 11.4 Å². The van der Waals surface area contributed by atoms with E-state index in [1.54, 1.807) is 0 Å². The van der Waals surface area contributed by atoms with E-state index in [4.69, 9.17) is 0 Å². The first-order valence-corrected chi connectivity index (χ1v) is 14.5. The zero-order valence-corrected chi connectivity index (χ0v) is 24.5. The third-order valence-electron chi connectivity index (χ3n) is 7.74. The fourth-order valence-corrected chi connectivity index (χ4v) is 5.40. The van der Waals surface area contributed by atoms with Gasteiger partial charge in [0.1, 0.15) is 0 Å². The van der Waals surface area contributed by atoms with Gasteiger partial charge in [0.25, 0.3) is 0 Å². The third kappa shape index (κ3) is 5.82. The Morgan fingerprint density at radius 2 is 0.690 bits per heavy atom. The molecule has 7 aromatic carbocycles. The van der Waals surface area contributed by atoms with Gasteiger partial charge in [-0.05, 0) is 66.9 Å². The van der Waals surface area contributed by atoms with Crippen LogP contribution in [0, 0.1) is 20.8 Å². The Hall–Kier alpha value is -5.14. The average molecular weight is 542 g/mol. The number of benzene rings is 7. The average Bonchev–Trinajstić information content (AvgIpc) is 3.04. The van der Waals surface area contributed by atoms with Crippen molar-refractivity contribution >= 4 is 38.6 Å². The second-order valence-corrected chi connectivity index (χ2v) is 10.9. The number of hydrogen-bond donors (Lipinski definition) is 0. The molecule has 0 N–H and O–H groups in total. The third-order valence-corrected chi connectivity index (χ3v) is 7.74. The smallest absolute Gasteiger partial charge is 0.0540 e. The second kappa shape index (κ2) is 12.2. The molecule has 0 amide bonds. The van der Waals surface area contributed by atoms with E-state index in [-0.39, 0.29) is 0 Å².